The Morgan fingerprint density at radius 2 is 1.76 bits per heavy atom. The molecule has 176 valence electrons. The number of anilines is 1. The first-order valence-electron chi connectivity index (χ1n) is 11.1. The van der Waals surface area contributed by atoms with Gasteiger partial charge in [-0.15, -0.1) is 0 Å². The topological polar surface area (TPSA) is 84.0 Å². The number of nitrogens with zero attached hydrogens (tertiary/aromatic N) is 3. The first-order chi connectivity index (χ1) is 16.6. The van der Waals surface area contributed by atoms with Crippen LogP contribution in [-0.4, -0.2) is 49.1 Å². The van der Waals surface area contributed by atoms with Crippen molar-refractivity contribution in [3.63, 3.8) is 0 Å². The molecule has 1 aromatic heterocycles. The number of amides is 3. The van der Waals surface area contributed by atoms with Crippen molar-refractivity contribution in [1.82, 2.24) is 15.2 Å². The summed E-state index contributed by atoms with van der Waals surface area (Å²) in [7, 11) is 3.18. The Morgan fingerprint density at radius 1 is 1.00 bits per heavy atom. The van der Waals surface area contributed by atoms with E-state index < -0.39 is 0 Å². The van der Waals surface area contributed by atoms with Crippen molar-refractivity contribution in [3.05, 3.63) is 83.7 Å². The number of nitrogens with one attached hydrogen (secondary N) is 1. The third-order valence-corrected chi connectivity index (χ3v) is 5.71. The Hall–Kier alpha value is -4.07. The van der Waals surface area contributed by atoms with Gasteiger partial charge in [-0.05, 0) is 47.5 Å². The summed E-state index contributed by atoms with van der Waals surface area (Å²) in [5.74, 6) is 1.24. The molecule has 0 bridgehead atoms. The molecule has 1 fully saturated rings. The second kappa shape index (κ2) is 10.7. The molecular formula is C26H28N4O4. The lowest BCUT2D eigenvalue weighted by atomic mass is 10.1. The highest BCUT2D eigenvalue weighted by Gasteiger charge is 2.21. The zero-order chi connectivity index (χ0) is 23.9. The Balaban J connectivity index is 1.51. The Morgan fingerprint density at radius 3 is 2.41 bits per heavy atom. The molecule has 34 heavy (non-hydrogen) atoms. The first-order valence-corrected chi connectivity index (χ1v) is 11.1. The fourth-order valence-corrected chi connectivity index (χ4v) is 3.92. The average Bonchev–Trinajstić information content (AvgIpc) is 3.30. The lowest BCUT2D eigenvalue weighted by molar-refractivity contribution is -0.131. The fourth-order valence-electron chi connectivity index (χ4n) is 3.92. The molecule has 0 radical (unpaired) electrons. The molecular weight excluding hydrogens is 432 g/mol. The van der Waals surface area contributed by atoms with Crippen LogP contribution in [0, 0.1) is 0 Å². The van der Waals surface area contributed by atoms with Crippen LogP contribution in [0.3, 0.4) is 0 Å². The molecule has 4 rings (SSSR count). The zero-order valence-corrected chi connectivity index (χ0v) is 19.4. The monoisotopic (exact) mass is 460 g/mol. The van der Waals surface area contributed by atoms with Crippen molar-refractivity contribution in [2.45, 2.75) is 19.5 Å². The number of pyridine rings is 1. The van der Waals surface area contributed by atoms with E-state index in [0.29, 0.717) is 37.7 Å². The van der Waals surface area contributed by atoms with Gasteiger partial charge in [-0.1, -0.05) is 24.3 Å². The Bertz CT molecular complexity index is 1140. The Kier molecular flexibility index (Phi) is 7.27. The fraction of sp³-hybridized carbons (Fsp3) is 0.269. The highest BCUT2D eigenvalue weighted by molar-refractivity contribution is 5.94. The van der Waals surface area contributed by atoms with Gasteiger partial charge in [0.15, 0.2) is 11.5 Å². The summed E-state index contributed by atoms with van der Waals surface area (Å²) < 4.78 is 10.7. The summed E-state index contributed by atoms with van der Waals surface area (Å²) in [6, 6.07) is 18.8. The number of rotatable bonds is 9. The van der Waals surface area contributed by atoms with Crippen molar-refractivity contribution < 1.29 is 19.1 Å². The number of benzene rings is 2. The molecule has 2 aromatic carbocycles. The van der Waals surface area contributed by atoms with Crippen molar-refractivity contribution in [1.29, 1.82) is 0 Å². The summed E-state index contributed by atoms with van der Waals surface area (Å²) >= 11 is 0. The second-order valence-corrected chi connectivity index (χ2v) is 7.99. The minimum Gasteiger partial charge on any atom is -0.493 e. The van der Waals surface area contributed by atoms with E-state index in [9.17, 15) is 9.59 Å². The molecule has 2 heterocycles. The molecule has 3 aromatic rings. The summed E-state index contributed by atoms with van der Waals surface area (Å²) in [6.45, 7) is 2.07. The number of aromatic nitrogens is 1. The molecule has 1 aliphatic rings. The van der Waals surface area contributed by atoms with E-state index in [4.69, 9.17) is 9.47 Å². The van der Waals surface area contributed by atoms with Gasteiger partial charge in [0, 0.05) is 31.5 Å². The van der Waals surface area contributed by atoms with E-state index in [1.165, 1.54) is 0 Å². The van der Waals surface area contributed by atoms with Gasteiger partial charge in [-0.25, -0.2) is 4.79 Å². The molecule has 0 unspecified atom stereocenters. The van der Waals surface area contributed by atoms with Gasteiger partial charge >= 0.3 is 6.03 Å². The SMILES string of the molecule is COc1ccc(CN(Cc2ccccn2)C(=O)Cc2ccc(N3CCNC3=O)cc2)cc1OC. The van der Waals surface area contributed by atoms with Crippen LogP contribution in [0.4, 0.5) is 10.5 Å². The molecule has 0 aliphatic carbocycles. The number of urea groups is 1. The van der Waals surface area contributed by atoms with Crippen LogP contribution in [0.2, 0.25) is 0 Å². The van der Waals surface area contributed by atoms with Crippen LogP contribution < -0.4 is 19.7 Å². The maximum Gasteiger partial charge on any atom is 0.321 e. The maximum absolute atomic E-state index is 13.4. The zero-order valence-electron chi connectivity index (χ0n) is 19.4. The van der Waals surface area contributed by atoms with E-state index in [0.717, 1.165) is 22.5 Å². The molecule has 8 nitrogen and oxygen atoms in total. The predicted octanol–water partition coefficient (Wildman–Crippen LogP) is 3.40. The number of hydrogen-bond acceptors (Lipinski definition) is 5. The third kappa shape index (κ3) is 5.46. The van der Waals surface area contributed by atoms with Crippen LogP contribution in [0.15, 0.2) is 66.9 Å². The van der Waals surface area contributed by atoms with Gasteiger partial charge in [-0.2, -0.15) is 0 Å². The van der Waals surface area contributed by atoms with Crippen LogP contribution in [0.5, 0.6) is 11.5 Å². The summed E-state index contributed by atoms with van der Waals surface area (Å²) in [5.41, 5.74) is 3.44. The van der Waals surface area contributed by atoms with Crippen molar-refractivity contribution in [2.75, 3.05) is 32.2 Å². The maximum atomic E-state index is 13.4. The van der Waals surface area contributed by atoms with Crippen molar-refractivity contribution in [2.24, 2.45) is 0 Å². The van der Waals surface area contributed by atoms with Crippen LogP contribution in [0.1, 0.15) is 16.8 Å². The Labute approximate surface area is 199 Å². The van der Waals surface area contributed by atoms with E-state index in [1.807, 2.05) is 60.7 Å². The average molecular weight is 461 g/mol. The van der Waals surface area contributed by atoms with Gasteiger partial charge in [-0.3, -0.25) is 14.7 Å². The largest absolute Gasteiger partial charge is 0.493 e. The number of methoxy groups -OCH3 is 2. The van der Waals surface area contributed by atoms with Crippen molar-refractivity contribution in [3.8, 4) is 11.5 Å². The standard InChI is InChI=1S/C26H28N4O4/c1-33-23-11-8-20(15-24(23)34-2)17-29(18-21-5-3-4-12-27-21)25(31)16-19-6-9-22(10-7-19)30-14-13-28-26(30)32/h3-12,15H,13-14,16-18H2,1-2H3,(H,28,32). The number of hydrogen-bond donors (Lipinski definition) is 1. The minimum absolute atomic E-state index is 0.0212. The minimum atomic E-state index is -0.0970. The molecule has 0 saturated carbocycles. The van der Waals surface area contributed by atoms with Gasteiger partial charge in [0.1, 0.15) is 0 Å². The molecule has 8 heteroatoms. The molecule has 3 amide bonds. The quantitative estimate of drug-likeness (QED) is 0.529. The molecule has 1 N–H and O–H groups in total. The molecule has 1 saturated heterocycles. The lowest BCUT2D eigenvalue weighted by Crippen LogP contribution is -2.31. The highest BCUT2D eigenvalue weighted by Crippen LogP contribution is 2.28. The van der Waals surface area contributed by atoms with E-state index >= 15 is 0 Å². The summed E-state index contributed by atoms with van der Waals surface area (Å²) in [4.78, 5) is 33.1. The summed E-state index contributed by atoms with van der Waals surface area (Å²) in [6.07, 6.45) is 1.97. The van der Waals surface area contributed by atoms with Gasteiger partial charge in [0.25, 0.3) is 0 Å². The third-order valence-electron chi connectivity index (χ3n) is 5.71. The molecule has 0 spiro atoms. The molecule has 1 aliphatic heterocycles. The van der Waals surface area contributed by atoms with Crippen LogP contribution in [-0.2, 0) is 24.3 Å². The van der Waals surface area contributed by atoms with Crippen LogP contribution >= 0.6 is 0 Å². The predicted molar refractivity (Wildman–Crippen MR) is 129 cm³/mol. The normalized spacial score (nSPS) is 12.9. The smallest absolute Gasteiger partial charge is 0.321 e. The van der Waals surface area contributed by atoms with E-state index in [1.54, 1.807) is 30.2 Å². The van der Waals surface area contributed by atoms with E-state index in [-0.39, 0.29) is 18.4 Å². The lowest BCUT2D eigenvalue weighted by Gasteiger charge is -2.23. The molecule has 0 atom stereocenters. The first kappa shape index (κ1) is 23.1. The highest BCUT2D eigenvalue weighted by atomic mass is 16.5. The number of carbonyl (C=O) groups excluding carboxylic acids is 2. The summed E-state index contributed by atoms with van der Waals surface area (Å²) in [5, 5.41) is 2.79. The van der Waals surface area contributed by atoms with E-state index in [2.05, 4.69) is 10.3 Å². The number of ether oxygens (including phenoxy) is 2. The van der Waals surface area contributed by atoms with Crippen molar-refractivity contribution >= 4 is 17.6 Å². The number of carbonyl (C=O) groups is 2. The van der Waals surface area contributed by atoms with Gasteiger partial charge < -0.3 is 19.7 Å². The van der Waals surface area contributed by atoms with Gasteiger partial charge in [0.05, 0.1) is 32.9 Å². The van der Waals surface area contributed by atoms with Crippen LogP contribution in [0.25, 0.3) is 0 Å². The van der Waals surface area contributed by atoms with Gasteiger partial charge in [0.2, 0.25) is 5.91 Å². The second-order valence-electron chi connectivity index (χ2n) is 7.99.